The lowest BCUT2D eigenvalue weighted by molar-refractivity contribution is -0.134. The standard InChI is InChI=1S/C23H24FN3O2/c24-17-7-5-15(6-8-17)22-19(18-3-1-2-4-20(18)26-22)9-10-21(28)27-13-11-16(12-14-27)23(25)29/h1-8,16,26H,9-14H2,(H2,25,29). The molecule has 0 unspecified atom stereocenters. The first-order valence-electron chi connectivity index (χ1n) is 9.95. The summed E-state index contributed by atoms with van der Waals surface area (Å²) in [6.07, 6.45) is 2.24. The van der Waals surface area contributed by atoms with Crippen molar-refractivity contribution in [3.8, 4) is 11.3 Å². The minimum Gasteiger partial charge on any atom is -0.369 e. The Balaban J connectivity index is 1.53. The Kier molecular flexibility index (Phi) is 5.34. The van der Waals surface area contributed by atoms with Crippen LogP contribution >= 0.6 is 0 Å². The molecular weight excluding hydrogens is 369 g/mol. The van der Waals surface area contributed by atoms with Gasteiger partial charge in [-0.3, -0.25) is 9.59 Å². The molecule has 3 N–H and O–H groups in total. The van der Waals surface area contributed by atoms with Crippen molar-refractivity contribution in [3.05, 3.63) is 59.9 Å². The summed E-state index contributed by atoms with van der Waals surface area (Å²) in [7, 11) is 0. The molecule has 2 aromatic carbocycles. The van der Waals surface area contributed by atoms with E-state index in [9.17, 15) is 14.0 Å². The Morgan fingerprint density at radius 2 is 1.76 bits per heavy atom. The van der Waals surface area contributed by atoms with Crippen LogP contribution in [0.4, 0.5) is 4.39 Å². The van der Waals surface area contributed by atoms with E-state index in [1.54, 1.807) is 12.1 Å². The zero-order chi connectivity index (χ0) is 20.4. The van der Waals surface area contributed by atoms with Crippen molar-refractivity contribution in [2.75, 3.05) is 13.1 Å². The van der Waals surface area contributed by atoms with Gasteiger partial charge in [0.2, 0.25) is 11.8 Å². The van der Waals surface area contributed by atoms with E-state index in [-0.39, 0.29) is 23.5 Å². The minimum absolute atomic E-state index is 0.0863. The zero-order valence-electron chi connectivity index (χ0n) is 16.2. The van der Waals surface area contributed by atoms with Crippen molar-refractivity contribution < 1.29 is 14.0 Å². The Bertz CT molecular complexity index is 1030. The van der Waals surface area contributed by atoms with Crippen LogP contribution in [0.2, 0.25) is 0 Å². The molecule has 1 aromatic heterocycles. The van der Waals surface area contributed by atoms with Gasteiger partial charge in [0.15, 0.2) is 0 Å². The van der Waals surface area contributed by atoms with Crippen LogP contribution in [0.25, 0.3) is 22.2 Å². The molecule has 2 heterocycles. The predicted molar refractivity (Wildman–Crippen MR) is 111 cm³/mol. The maximum atomic E-state index is 13.4. The Hall–Kier alpha value is -3.15. The number of hydrogen-bond donors (Lipinski definition) is 2. The normalized spacial score (nSPS) is 15.0. The van der Waals surface area contributed by atoms with E-state index in [2.05, 4.69) is 4.98 Å². The fraction of sp³-hybridized carbons (Fsp3) is 0.304. The summed E-state index contributed by atoms with van der Waals surface area (Å²) in [6, 6.07) is 14.4. The average molecular weight is 393 g/mol. The highest BCUT2D eigenvalue weighted by Crippen LogP contribution is 2.31. The van der Waals surface area contributed by atoms with E-state index in [0.29, 0.717) is 38.8 Å². The third-order valence-electron chi connectivity index (χ3n) is 5.79. The molecule has 6 heteroatoms. The molecule has 4 rings (SSSR count). The van der Waals surface area contributed by atoms with Crippen LogP contribution in [0.1, 0.15) is 24.8 Å². The number of rotatable bonds is 5. The zero-order valence-corrected chi connectivity index (χ0v) is 16.2. The van der Waals surface area contributed by atoms with Crippen molar-refractivity contribution in [2.45, 2.75) is 25.7 Å². The van der Waals surface area contributed by atoms with Crippen LogP contribution in [0.5, 0.6) is 0 Å². The maximum Gasteiger partial charge on any atom is 0.222 e. The number of piperidine rings is 1. The molecule has 5 nitrogen and oxygen atoms in total. The number of nitrogens with two attached hydrogens (primary N) is 1. The van der Waals surface area contributed by atoms with Gasteiger partial charge >= 0.3 is 0 Å². The number of carbonyl (C=O) groups is 2. The number of hydrogen-bond acceptors (Lipinski definition) is 2. The first-order valence-corrected chi connectivity index (χ1v) is 9.95. The van der Waals surface area contributed by atoms with Crippen LogP contribution in [-0.4, -0.2) is 34.8 Å². The van der Waals surface area contributed by atoms with Gasteiger partial charge in [0.1, 0.15) is 5.82 Å². The van der Waals surface area contributed by atoms with Crippen LogP contribution in [-0.2, 0) is 16.0 Å². The molecule has 1 saturated heterocycles. The van der Waals surface area contributed by atoms with Crippen molar-refractivity contribution >= 4 is 22.7 Å². The number of H-pyrrole nitrogens is 1. The van der Waals surface area contributed by atoms with Gasteiger partial charge in [-0.05, 0) is 60.7 Å². The Morgan fingerprint density at radius 1 is 1.07 bits per heavy atom. The smallest absolute Gasteiger partial charge is 0.222 e. The molecule has 0 radical (unpaired) electrons. The van der Waals surface area contributed by atoms with Gasteiger partial charge < -0.3 is 15.6 Å². The number of carbonyl (C=O) groups excluding carboxylic acids is 2. The Labute approximate surface area is 168 Å². The third kappa shape index (κ3) is 4.01. The van der Waals surface area contributed by atoms with E-state index < -0.39 is 0 Å². The van der Waals surface area contributed by atoms with E-state index in [1.165, 1.54) is 12.1 Å². The highest BCUT2D eigenvalue weighted by Gasteiger charge is 2.26. The first kappa shape index (κ1) is 19.2. The number of para-hydroxylation sites is 1. The number of benzene rings is 2. The number of aromatic nitrogens is 1. The third-order valence-corrected chi connectivity index (χ3v) is 5.79. The summed E-state index contributed by atoms with van der Waals surface area (Å²) < 4.78 is 13.4. The molecule has 3 aromatic rings. The Morgan fingerprint density at radius 3 is 2.45 bits per heavy atom. The molecule has 0 saturated carbocycles. The number of primary amides is 1. The van der Waals surface area contributed by atoms with Crippen molar-refractivity contribution in [2.24, 2.45) is 11.7 Å². The number of nitrogens with zero attached hydrogens (tertiary/aromatic N) is 1. The lowest BCUT2D eigenvalue weighted by Gasteiger charge is -2.30. The molecule has 29 heavy (non-hydrogen) atoms. The number of amides is 2. The van der Waals surface area contributed by atoms with Crippen LogP contribution in [0, 0.1) is 11.7 Å². The summed E-state index contributed by atoms with van der Waals surface area (Å²) in [5.41, 5.74) is 9.25. The van der Waals surface area contributed by atoms with Crippen molar-refractivity contribution in [1.29, 1.82) is 0 Å². The largest absolute Gasteiger partial charge is 0.369 e. The van der Waals surface area contributed by atoms with E-state index >= 15 is 0 Å². The minimum atomic E-state index is -0.278. The molecule has 150 valence electrons. The summed E-state index contributed by atoms with van der Waals surface area (Å²) in [5, 5.41) is 1.08. The van der Waals surface area contributed by atoms with Crippen LogP contribution in [0.3, 0.4) is 0 Å². The van der Waals surface area contributed by atoms with Crippen molar-refractivity contribution in [3.63, 3.8) is 0 Å². The molecule has 1 aliphatic rings. The lowest BCUT2D eigenvalue weighted by Crippen LogP contribution is -2.41. The summed E-state index contributed by atoms with van der Waals surface area (Å²) in [6.45, 7) is 1.15. The van der Waals surface area contributed by atoms with Gasteiger partial charge in [-0.25, -0.2) is 4.39 Å². The number of halogens is 1. The summed E-state index contributed by atoms with van der Waals surface area (Å²) in [5.74, 6) is -0.596. The summed E-state index contributed by atoms with van der Waals surface area (Å²) >= 11 is 0. The van der Waals surface area contributed by atoms with Gasteiger partial charge in [0.05, 0.1) is 0 Å². The summed E-state index contributed by atoms with van der Waals surface area (Å²) in [4.78, 5) is 29.3. The molecule has 0 bridgehead atoms. The van der Waals surface area contributed by atoms with Gasteiger partial charge in [0.25, 0.3) is 0 Å². The van der Waals surface area contributed by atoms with E-state index in [4.69, 9.17) is 5.73 Å². The fourth-order valence-corrected chi connectivity index (χ4v) is 4.13. The van der Waals surface area contributed by atoms with Crippen LogP contribution in [0.15, 0.2) is 48.5 Å². The second kappa shape index (κ2) is 8.07. The molecule has 2 amide bonds. The number of likely N-dealkylation sites (tertiary alicyclic amines) is 1. The van der Waals surface area contributed by atoms with Crippen LogP contribution < -0.4 is 5.73 Å². The molecular formula is C23H24FN3O2. The number of nitrogens with one attached hydrogen (secondary N) is 1. The maximum absolute atomic E-state index is 13.4. The fourth-order valence-electron chi connectivity index (χ4n) is 4.13. The monoisotopic (exact) mass is 393 g/mol. The number of aromatic amines is 1. The number of aryl methyl sites for hydroxylation is 1. The SMILES string of the molecule is NC(=O)C1CCN(C(=O)CCc2c(-c3ccc(F)cc3)[nH]c3ccccc23)CC1. The molecule has 0 aliphatic carbocycles. The highest BCUT2D eigenvalue weighted by atomic mass is 19.1. The topological polar surface area (TPSA) is 79.2 Å². The molecule has 0 spiro atoms. The first-order chi connectivity index (χ1) is 14.0. The van der Waals surface area contributed by atoms with E-state index in [1.807, 2.05) is 29.2 Å². The van der Waals surface area contributed by atoms with E-state index in [0.717, 1.165) is 27.7 Å². The van der Waals surface area contributed by atoms with Gasteiger partial charge in [-0.2, -0.15) is 0 Å². The quantitative estimate of drug-likeness (QED) is 0.694. The average Bonchev–Trinajstić information content (AvgIpc) is 3.11. The number of fused-ring (bicyclic) bond motifs is 1. The van der Waals surface area contributed by atoms with Gasteiger partial charge in [-0.1, -0.05) is 18.2 Å². The molecule has 1 aliphatic heterocycles. The lowest BCUT2D eigenvalue weighted by atomic mass is 9.95. The predicted octanol–water partition coefficient (Wildman–Crippen LogP) is 3.63. The second-order valence-corrected chi connectivity index (χ2v) is 7.59. The van der Waals surface area contributed by atoms with Gasteiger partial charge in [0, 0.05) is 42.0 Å². The highest BCUT2D eigenvalue weighted by molar-refractivity contribution is 5.91. The van der Waals surface area contributed by atoms with Crippen molar-refractivity contribution in [1.82, 2.24) is 9.88 Å². The second-order valence-electron chi connectivity index (χ2n) is 7.59. The van der Waals surface area contributed by atoms with Gasteiger partial charge in [-0.15, -0.1) is 0 Å². The molecule has 0 atom stereocenters. The molecule has 1 fully saturated rings.